The van der Waals surface area contributed by atoms with Gasteiger partial charge in [-0.25, -0.2) is 0 Å². The van der Waals surface area contributed by atoms with Crippen molar-refractivity contribution in [2.75, 3.05) is 13.2 Å². The van der Waals surface area contributed by atoms with Crippen LogP contribution in [0.1, 0.15) is 48.8 Å². The second kappa shape index (κ2) is 10.6. The van der Waals surface area contributed by atoms with Crippen LogP contribution in [0.4, 0.5) is 0 Å². The van der Waals surface area contributed by atoms with Crippen molar-refractivity contribution in [1.82, 2.24) is 4.90 Å². The number of hydrogen-bond acceptors (Lipinski definition) is 3. The predicted molar refractivity (Wildman–Crippen MR) is 136 cm³/mol. The first-order valence-electron chi connectivity index (χ1n) is 12.7. The summed E-state index contributed by atoms with van der Waals surface area (Å²) in [4.78, 5) is 2.70. The van der Waals surface area contributed by atoms with E-state index in [4.69, 9.17) is 4.74 Å². The van der Waals surface area contributed by atoms with E-state index in [1.807, 2.05) is 18.2 Å². The fourth-order valence-electron chi connectivity index (χ4n) is 6.31. The molecule has 0 N–H and O–H groups in total. The van der Waals surface area contributed by atoms with Gasteiger partial charge >= 0.3 is 0 Å². The summed E-state index contributed by atoms with van der Waals surface area (Å²) in [6, 6.07) is 35.3. The molecule has 2 heterocycles. The first-order valence-corrected chi connectivity index (χ1v) is 12.7. The van der Waals surface area contributed by atoms with Crippen molar-refractivity contribution in [3.63, 3.8) is 0 Å². The van der Waals surface area contributed by atoms with Crippen LogP contribution in [0.2, 0.25) is 0 Å². The van der Waals surface area contributed by atoms with Gasteiger partial charge in [-0.2, -0.15) is 5.26 Å². The third-order valence-corrected chi connectivity index (χ3v) is 7.91. The van der Waals surface area contributed by atoms with Crippen LogP contribution in [-0.4, -0.2) is 30.1 Å². The average Bonchev–Trinajstić information content (AvgIpc) is 3.14. The Morgan fingerprint density at radius 3 is 1.85 bits per heavy atom. The summed E-state index contributed by atoms with van der Waals surface area (Å²) in [5, 5.41) is 10.6. The quantitative estimate of drug-likeness (QED) is 0.357. The van der Waals surface area contributed by atoms with Crippen molar-refractivity contribution < 1.29 is 4.74 Å². The van der Waals surface area contributed by atoms with Crippen LogP contribution in [0.3, 0.4) is 0 Å². The van der Waals surface area contributed by atoms with Crippen LogP contribution in [-0.2, 0) is 16.8 Å². The number of piperidine rings is 1. The number of rotatable bonds is 9. The number of nitrogens with zero attached hydrogens (tertiary/aromatic N) is 2. The minimum Gasteiger partial charge on any atom is -0.375 e. The lowest BCUT2D eigenvalue weighted by Crippen LogP contribution is -2.45. The molecule has 0 aromatic heterocycles. The Balaban J connectivity index is 1.25. The lowest BCUT2D eigenvalue weighted by atomic mass is 9.68. The van der Waals surface area contributed by atoms with E-state index in [0.717, 1.165) is 30.7 Å². The van der Waals surface area contributed by atoms with E-state index in [1.54, 1.807) is 0 Å². The molecule has 0 amide bonds. The van der Waals surface area contributed by atoms with E-state index in [2.05, 4.69) is 83.8 Å². The van der Waals surface area contributed by atoms with Gasteiger partial charge in [0.15, 0.2) is 0 Å². The Morgan fingerprint density at radius 1 is 0.794 bits per heavy atom. The van der Waals surface area contributed by atoms with Crippen molar-refractivity contribution in [2.45, 2.75) is 56.2 Å². The summed E-state index contributed by atoms with van der Waals surface area (Å²) >= 11 is 0. The zero-order chi connectivity index (χ0) is 23.2. The van der Waals surface area contributed by atoms with Gasteiger partial charge < -0.3 is 4.74 Å². The summed E-state index contributed by atoms with van der Waals surface area (Å²) in [5.74, 6) is 0.555. The van der Waals surface area contributed by atoms with E-state index in [9.17, 15) is 5.26 Å². The summed E-state index contributed by atoms with van der Waals surface area (Å²) in [6.45, 7) is 2.48. The summed E-state index contributed by atoms with van der Waals surface area (Å²) in [7, 11) is 0. The number of nitriles is 1. The van der Waals surface area contributed by atoms with Crippen molar-refractivity contribution in [3.05, 3.63) is 108 Å². The monoisotopic (exact) mass is 450 g/mol. The van der Waals surface area contributed by atoms with Crippen LogP contribution < -0.4 is 0 Å². The zero-order valence-electron chi connectivity index (χ0n) is 19.9. The standard InChI is InChI=1S/C31H34N2O/c32-24-31(27-12-6-2-7-13-27,28-14-8-3-9-15-28)22-26-20-29-16-17-30(21-26)33(29)18-19-34-23-25-10-4-1-5-11-25/h1-15,26,29-30H,16-23H2. The Morgan fingerprint density at radius 2 is 1.32 bits per heavy atom. The van der Waals surface area contributed by atoms with Crippen molar-refractivity contribution in [1.29, 1.82) is 5.26 Å². The molecule has 34 heavy (non-hydrogen) atoms. The van der Waals surface area contributed by atoms with Gasteiger partial charge in [-0.15, -0.1) is 0 Å². The average molecular weight is 451 g/mol. The zero-order valence-corrected chi connectivity index (χ0v) is 19.9. The molecule has 3 heteroatoms. The van der Waals surface area contributed by atoms with Gasteiger partial charge in [-0.1, -0.05) is 91.0 Å². The third kappa shape index (κ3) is 4.80. The molecule has 0 saturated carbocycles. The van der Waals surface area contributed by atoms with Crippen LogP contribution in [0.15, 0.2) is 91.0 Å². The number of fused-ring (bicyclic) bond motifs is 2. The molecule has 2 atom stereocenters. The van der Waals surface area contributed by atoms with Gasteiger partial charge in [0.05, 0.1) is 19.3 Å². The Labute approximate surface area is 204 Å². The second-order valence-corrected chi connectivity index (χ2v) is 9.95. The van der Waals surface area contributed by atoms with E-state index in [0.29, 0.717) is 24.6 Å². The summed E-state index contributed by atoms with van der Waals surface area (Å²) in [5.41, 5.74) is 2.88. The Hall–Kier alpha value is -2.93. The highest BCUT2D eigenvalue weighted by Gasteiger charge is 2.44. The summed E-state index contributed by atoms with van der Waals surface area (Å²) < 4.78 is 6.00. The maximum atomic E-state index is 10.6. The van der Waals surface area contributed by atoms with Gasteiger partial charge in [0.25, 0.3) is 0 Å². The molecule has 2 fully saturated rings. The molecule has 3 nitrogen and oxygen atoms in total. The summed E-state index contributed by atoms with van der Waals surface area (Å²) in [6.07, 6.45) is 5.80. The van der Waals surface area contributed by atoms with E-state index in [1.165, 1.54) is 31.2 Å². The molecule has 2 unspecified atom stereocenters. The molecule has 3 aromatic carbocycles. The largest absolute Gasteiger partial charge is 0.375 e. The molecule has 174 valence electrons. The van der Waals surface area contributed by atoms with Crippen LogP contribution in [0.25, 0.3) is 0 Å². The molecule has 2 bridgehead atoms. The minimum atomic E-state index is -0.590. The molecule has 0 radical (unpaired) electrons. The molecule has 2 saturated heterocycles. The van der Waals surface area contributed by atoms with Gasteiger partial charge in [-0.3, -0.25) is 4.90 Å². The highest BCUT2D eigenvalue weighted by atomic mass is 16.5. The van der Waals surface area contributed by atoms with Crippen molar-refractivity contribution >= 4 is 0 Å². The lowest BCUT2D eigenvalue weighted by molar-refractivity contribution is 0.0436. The fraction of sp³-hybridized carbons (Fsp3) is 0.387. The maximum Gasteiger partial charge on any atom is 0.107 e. The predicted octanol–water partition coefficient (Wildman–Crippen LogP) is 6.35. The molecule has 0 aliphatic carbocycles. The molecule has 0 spiro atoms. The minimum absolute atomic E-state index is 0.555. The molecule has 5 rings (SSSR count). The van der Waals surface area contributed by atoms with Gasteiger partial charge in [0.1, 0.15) is 5.41 Å². The normalized spacial score (nSPS) is 22.4. The van der Waals surface area contributed by atoms with E-state index < -0.39 is 5.41 Å². The third-order valence-electron chi connectivity index (χ3n) is 7.91. The smallest absolute Gasteiger partial charge is 0.107 e. The van der Waals surface area contributed by atoms with Crippen LogP contribution in [0, 0.1) is 17.2 Å². The highest BCUT2D eigenvalue weighted by Crippen LogP contribution is 2.45. The van der Waals surface area contributed by atoms with Crippen molar-refractivity contribution in [3.8, 4) is 6.07 Å². The Bertz CT molecular complexity index is 1020. The highest BCUT2D eigenvalue weighted by molar-refractivity contribution is 5.46. The number of hydrogen-bond donors (Lipinski definition) is 0. The van der Waals surface area contributed by atoms with Crippen LogP contribution >= 0.6 is 0 Å². The van der Waals surface area contributed by atoms with E-state index >= 15 is 0 Å². The lowest BCUT2D eigenvalue weighted by Gasteiger charge is -2.41. The Kier molecular flexibility index (Phi) is 7.09. The first kappa shape index (κ1) is 22.8. The molecule has 3 aromatic rings. The van der Waals surface area contributed by atoms with E-state index in [-0.39, 0.29) is 0 Å². The fourth-order valence-corrected chi connectivity index (χ4v) is 6.31. The second-order valence-electron chi connectivity index (χ2n) is 9.95. The first-order chi connectivity index (χ1) is 16.8. The molecular weight excluding hydrogens is 416 g/mol. The number of ether oxygens (including phenoxy) is 1. The molecular formula is C31H34N2O. The topological polar surface area (TPSA) is 36.3 Å². The molecule has 2 aliphatic rings. The number of benzene rings is 3. The van der Waals surface area contributed by atoms with Crippen LogP contribution in [0.5, 0.6) is 0 Å². The van der Waals surface area contributed by atoms with Gasteiger partial charge in [-0.05, 0) is 54.7 Å². The van der Waals surface area contributed by atoms with Gasteiger partial charge in [0, 0.05) is 18.6 Å². The maximum absolute atomic E-state index is 10.6. The van der Waals surface area contributed by atoms with Gasteiger partial charge in [0.2, 0.25) is 0 Å². The molecule has 2 aliphatic heterocycles. The SMILES string of the molecule is N#CC(CC1CC2CCC(C1)N2CCOCc1ccccc1)(c1ccccc1)c1ccccc1. The van der Waals surface area contributed by atoms with Crippen molar-refractivity contribution in [2.24, 2.45) is 5.92 Å².